The Morgan fingerprint density at radius 3 is 2.86 bits per heavy atom. The van der Waals surface area contributed by atoms with Gasteiger partial charge in [0.15, 0.2) is 0 Å². The number of carbonyl (C=O) groups excluding carboxylic acids is 1. The van der Waals surface area contributed by atoms with E-state index < -0.39 is 0 Å². The minimum absolute atomic E-state index is 0.131. The molecular weight excluding hydrogens is 349 g/mol. The van der Waals surface area contributed by atoms with E-state index in [9.17, 15) is 9.18 Å². The number of nitrogens with zero attached hydrogens (tertiary/aromatic N) is 2. The van der Waals surface area contributed by atoms with E-state index in [0.29, 0.717) is 22.6 Å². The number of carbonyl (C=O) groups is 1. The van der Waals surface area contributed by atoms with Gasteiger partial charge in [-0.15, -0.1) is 0 Å². The Bertz CT molecular complexity index is 860. The van der Waals surface area contributed by atoms with E-state index in [1.54, 1.807) is 35.7 Å². The third kappa shape index (κ3) is 2.74. The maximum Gasteiger partial charge on any atom is 0.270 e. The Morgan fingerprint density at radius 2 is 2.09 bits per heavy atom. The summed E-state index contributed by atoms with van der Waals surface area (Å²) in [5, 5.41) is 2.74. The SMILES string of the molecule is Cc1nc2ccc(Br)cn2c1C(=O)NCc1ccccc1F. The van der Waals surface area contributed by atoms with E-state index in [0.717, 1.165) is 4.47 Å². The molecule has 6 heteroatoms. The summed E-state index contributed by atoms with van der Waals surface area (Å²) >= 11 is 3.38. The van der Waals surface area contributed by atoms with Gasteiger partial charge in [0.05, 0.1) is 5.69 Å². The van der Waals surface area contributed by atoms with Crippen LogP contribution < -0.4 is 5.32 Å². The summed E-state index contributed by atoms with van der Waals surface area (Å²) in [6.45, 7) is 1.91. The first-order chi connectivity index (χ1) is 10.6. The number of pyridine rings is 1. The van der Waals surface area contributed by atoms with Gasteiger partial charge in [-0.05, 0) is 41.1 Å². The van der Waals surface area contributed by atoms with Gasteiger partial charge in [-0.2, -0.15) is 0 Å². The second-order valence-electron chi connectivity index (χ2n) is 4.90. The fourth-order valence-corrected chi connectivity index (χ4v) is 2.65. The molecule has 3 aromatic rings. The van der Waals surface area contributed by atoms with Gasteiger partial charge in [-0.1, -0.05) is 18.2 Å². The first kappa shape index (κ1) is 14.7. The Labute approximate surface area is 135 Å². The van der Waals surface area contributed by atoms with Crippen LogP contribution in [0, 0.1) is 12.7 Å². The highest BCUT2D eigenvalue weighted by Gasteiger charge is 2.16. The average Bonchev–Trinajstić information content (AvgIpc) is 2.81. The van der Waals surface area contributed by atoms with Crippen LogP contribution in [0.3, 0.4) is 0 Å². The number of amides is 1. The van der Waals surface area contributed by atoms with Gasteiger partial charge in [-0.3, -0.25) is 9.20 Å². The van der Waals surface area contributed by atoms with Crippen LogP contribution in [0.15, 0.2) is 47.1 Å². The molecule has 1 N–H and O–H groups in total. The predicted octanol–water partition coefficient (Wildman–Crippen LogP) is 3.47. The molecule has 0 saturated carbocycles. The molecule has 0 bridgehead atoms. The first-order valence-electron chi connectivity index (χ1n) is 6.72. The van der Waals surface area contributed by atoms with Crippen LogP contribution in [0.4, 0.5) is 4.39 Å². The summed E-state index contributed by atoms with van der Waals surface area (Å²) in [5.74, 6) is -0.619. The Kier molecular flexibility index (Phi) is 3.94. The number of rotatable bonds is 3. The van der Waals surface area contributed by atoms with E-state index in [1.165, 1.54) is 6.07 Å². The summed E-state index contributed by atoms with van der Waals surface area (Å²) in [4.78, 5) is 16.8. The molecule has 112 valence electrons. The second kappa shape index (κ2) is 5.88. The zero-order chi connectivity index (χ0) is 15.7. The van der Waals surface area contributed by atoms with Crippen molar-refractivity contribution in [2.24, 2.45) is 0 Å². The lowest BCUT2D eigenvalue weighted by atomic mass is 10.2. The largest absolute Gasteiger partial charge is 0.347 e. The number of aryl methyl sites for hydroxylation is 1. The van der Waals surface area contributed by atoms with E-state index in [-0.39, 0.29) is 18.3 Å². The normalized spacial score (nSPS) is 10.9. The number of hydrogen-bond acceptors (Lipinski definition) is 2. The predicted molar refractivity (Wildman–Crippen MR) is 85.2 cm³/mol. The summed E-state index contributed by atoms with van der Waals surface area (Å²) in [5.41, 5.74) is 2.22. The molecule has 1 aromatic carbocycles. The summed E-state index contributed by atoms with van der Waals surface area (Å²) in [6.07, 6.45) is 1.79. The molecule has 0 aliphatic carbocycles. The molecule has 4 nitrogen and oxygen atoms in total. The minimum atomic E-state index is -0.333. The van der Waals surface area contributed by atoms with Gasteiger partial charge in [0, 0.05) is 22.8 Å². The molecule has 0 aliphatic rings. The van der Waals surface area contributed by atoms with E-state index in [1.807, 2.05) is 12.1 Å². The van der Waals surface area contributed by atoms with Gasteiger partial charge < -0.3 is 5.32 Å². The summed E-state index contributed by atoms with van der Waals surface area (Å²) in [7, 11) is 0. The van der Waals surface area contributed by atoms with Gasteiger partial charge >= 0.3 is 0 Å². The van der Waals surface area contributed by atoms with Gasteiger partial charge in [0.1, 0.15) is 17.2 Å². The van der Waals surface area contributed by atoms with Crippen molar-refractivity contribution >= 4 is 27.5 Å². The highest BCUT2D eigenvalue weighted by atomic mass is 79.9. The molecule has 1 amide bonds. The van der Waals surface area contributed by atoms with E-state index >= 15 is 0 Å². The molecule has 2 heterocycles. The molecule has 0 atom stereocenters. The van der Waals surface area contributed by atoms with E-state index in [4.69, 9.17) is 0 Å². The van der Waals surface area contributed by atoms with Crippen molar-refractivity contribution in [1.29, 1.82) is 0 Å². The number of fused-ring (bicyclic) bond motifs is 1. The topological polar surface area (TPSA) is 46.4 Å². The molecule has 0 radical (unpaired) electrons. The third-order valence-electron chi connectivity index (χ3n) is 3.37. The number of aromatic nitrogens is 2. The lowest BCUT2D eigenvalue weighted by Gasteiger charge is -2.07. The maximum absolute atomic E-state index is 13.6. The lowest BCUT2D eigenvalue weighted by Crippen LogP contribution is -2.25. The molecule has 0 saturated heterocycles. The Morgan fingerprint density at radius 1 is 1.32 bits per heavy atom. The van der Waals surface area contributed by atoms with Crippen LogP contribution in [0.5, 0.6) is 0 Å². The maximum atomic E-state index is 13.6. The van der Waals surface area contributed by atoms with Crippen LogP contribution in [-0.2, 0) is 6.54 Å². The standard InChI is InChI=1S/C16H13BrFN3O/c1-10-15(21-9-12(17)6-7-14(21)20-10)16(22)19-8-11-4-2-3-5-13(11)18/h2-7,9H,8H2,1H3,(H,19,22). The van der Waals surface area contributed by atoms with Crippen molar-refractivity contribution < 1.29 is 9.18 Å². The van der Waals surface area contributed by atoms with Crippen molar-refractivity contribution in [2.75, 3.05) is 0 Å². The average molecular weight is 362 g/mol. The number of imidazole rings is 1. The zero-order valence-corrected chi connectivity index (χ0v) is 13.4. The minimum Gasteiger partial charge on any atom is -0.347 e. The van der Waals surface area contributed by atoms with Crippen LogP contribution >= 0.6 is 15.9 Å². The molecular formula is C16H13BrFN3O. The smallest absolute Gasteiger partial charge is 0.270 e. The van der Waals surface area contributed by atoms with Crippen molar-refractivity contribution in [3.63, 3.8) is 0 Å². The molecule has 0 spiro atoms. The van der Waals surface area contributed by atoms with Crippen molar-refractivity contribution in [1.82, 2.24) is 14.7 Å². The van der Waals surface area contributed by atoms with Crippen LogP contribution in [0.2, 0.25) is 0 Å². The monoisotopic (exact) mass is 361 g/mol. The molecule has 22 heavy (non-hydrogen) atoms. The Balaban J connectivity index is 1.88. The zero-order valence-electron chi connectivity index (χ0n) is 11.8. The second-order valence-corrected chi connectivity index (χ2v) is 5.81. The number of hydrogen-bond donors (Lipinski definition) is 1. The number of benzene rings is 1. The molecule has 3 rings (SSSR count). The van der Waals surface area contributed by atoms with Crippen LogP contribution in [-0.4, -0.2) is 15.3 Å². The molecule has 0 aliphatic heterocycles. The number of nitrogens with one attached hydrogen (secondary N) is 1. The van der Waals surface area contributed by atoms with Gasteiger partial charge in [-0.25, -0.2) is 9.37 Å². The fraction of sp³-hybridized carbons (Fsp3) is 0.125. The molecule has 0 unspecified atom stereocenters. The first-order valence-corrected chi connectivity index (χ1v) is 7.51. The van der Waals surface area contributed by atoms with Crippen molar-refractivity contribution in [2.45, 2.75) is 13.5 Å². The third-order valence-corrected chi connectivity index (χ3v) is 3.84. The van der Waals surface area contributed by atoms with Gasteiger partial charge in [0.2, 0.25) is 0 Å². The molecule has 2 aromatic heterocycles. The summed E-state index contributed by atoms with van der Waals surface area (Å²) in [6, 6.07) is 10.1. The molecule has 0 fully saturated rings. The van der Waals surface area contributed by atoms with E-state index in [2.05, 4.69) is 26.2 Å². The quantitative estimate of drug-likeness (QED) is 0.776. The van der Waals surface area contributed by atoms with Crippen LogP contribution in [0.25, 0.3) is 5.65 Å². The summed E-state index contributed by atoms with van der Waals surface area (Å²) < 4.78 is 16.2. The highest BCUT2D eigenvalue weighted by molar-refractivity contribution is 9.10. The highest BCUT2D eigenvalue weighted by Crippen LogP contribution is 2.17. The lowest BCUT2D eigenvalue weighted by molar-refractivity contribution is 0.0944. The Hall–Kier alpha value is -2.21. The fourth-order valence-electron chi connectivity index (χ4n) is 2.31. The van der Waals surface area contributed by atoms with Crippen molar-refractivity contribution in [3.05, 3.63) is 69.8 Å². The van der Waals surface area contributed by atoms with Crippen LogP contribution in [0.1, 0.15) is 21.7 Å². The van der Waals surface area contributed by atoms with Crippen molar-refractivity contribution in [3.8, 4) is 0 Å². The van der Waals surface area contributed by atoms with Gasteiger partial charge in [0.25, 0.3) is 5.91 Å². The number of halogens is 2.